The van der Waals surface area contributed by atoms with Crippen LogP contribution in [0.2, 0.25) is 0 Å². The molecule has 0 N–H and O–H groups in total. The van der Waals surface area contributed by atoms with E-state index in [9.17, 15) is 0 Å². The van der Waals surface area contributed by atoms with Crippen LogP contribution in [0.1, 0.15) is 53.4 Å². The van der Waals surface area contributed by atoms with Gasteiger partial charge in [-0.2, -0.15) is 9.78 Å². The van der Waals surface area contributed by atoms with Crippen LogP contribution >= 0.6 is 0 Å². The fourth-order valence-corrected chi connectivity index (χ4v) is 3.63. The summed E-state index contributed by atoms with van der Waals surface area (Å²) < 4.78 is 12.2. The summed E-state index contributed by atoms with van der Waals surface area (Å²) in [7, 11) is 0. The predicted molar refractivity (Wildman–Crippen MR) is 60.7 cm³/mol. The van der Waals surface area contributed by atoms with Crippen LogP contribution in [0, 0.1) is 11.8 Å². The van der Waals surface area contributed by atoms with Gasteiger partial charge in [0.05, 0.1) is 5.92 Å². The van der Waals surface area contributed by atoms with Crippen molar-refractivity contribution in [3.63, 3.8) is 0 Å². The van der Waals surface area contributed by atoms with Gasteiger partial charge in [-0.3, -0.25) is 0 Å². The Morgan fingerprint density at radius 2 is 1.82 bits per heavy atom. The van der Waals surface area contributed by atoms with Crippen molar-refractivity contribution >= 4 is 0 Å². The highest BCUT2D eigenvalue weighted by Gasteiger charge is 2.72. The monoisotopic (exact) mass is 242 g/mol. The number of rotatable bonds is 3. The minimum atomic E-state index is -0.588. The molecule has 0 saturated carbocycles. The average Bonchev–Trinajstić information content (AvgIpc) is 2.47. The molecule has 4 heteroatoms. The quantitative estimate of drug-likeness (QED) is 0.713. The van der Waals surface area contributed by atoms with Gasteiger partial charge in [0.15, 0.2) is 5.79 Å². The Morgan fingerprint density at radius 3 is 2.41 bits per heavy atom. The van der Waals surface area contributed by atoms with Crippen LogP contribution in [-0.4, -0.2) is 17.4 Å². The third kappa shape index (κ3) is 1.51. The topological polar surface area (TPSA) is 36.9 Å². The fraction of sp³-hybridized carbons (Fsp3) is 1.00. The molecule has 4 heterocycles. The second-order valence-electron chi connectivity index (χ2n) is 6.17. The van der Waals surface area contributed by atoms with Gasteiger partial charge in [-0.15, -0.1) is 0 Å². The predicted octanol–water partition coefficient (Wildman–Crippen LogP) is 2.97. The van der Waals surface area contributed by atoms with Crippen LogP contribution in [-0.2, 0) is 19.2 Å². The average molecular weight is 242 g/mol. The van der Waals surface area contributed by atoms with Crippen LogP contribution in [0.4, 0.5) is 0 Å². The first-order chi connectivity index (χ1) is 7.94. The molecule has 4 nitrogen and oxygen atoms in total. The lowest BCUT2D eigenvalue weighted by molar-refractivity contribution is -0.432. The molecule has 4 aliphatic rings. The number of ether oxygens (including phenoxy) is 2. The second-order valence-corrected chi connectivity index (χ2v) is 6.17. The fourth-order valence-electron chi connectivity index (χ4n) is 3.63. The van der Waals surface area contributed by atoms with Gasteiger partial charge in [0.1, 0.15) is 0 Å². The maximum absolute atomic E-state index is 6.12. The van der Waals surface area contributed by atoms with Crippen LogP contribution < -0.4 is 0 Å². The van der Waals surface area contributed by atoms with E-state index in [0.717, 1.165) is 25.7 Å². The number of hydrogen-bond donors (Lipinski definition) is 0. The highest BCUT2D eigenvalue weighted by molar-refractivity contribution is 5.03. The van der Waals surface area contributed by atoms with E-state index in [1.165, 1.54) is 0 Å². The third-order valence-electron chi connectivity index (χ3n) is 4.24. The van der Waals surface area contributed by atoms with E-state index >= 15 is 0 Å². The molecule has 0 spiro atoms. The zero-order valence-electron chi connectivity index (χ0n) is 11.1. The summed E-state index contributed by atoms with van der Waals surface area (Å²) in [6, 6.07) is 0. The van der Waals surface area contributed by atoms with Gasteiger partial charge < -0.3 is 9.47 Å². The first-order valence-corrected chi connectivity index (χ1v) is 6.71. The molecule has 0 aromatic rings. The molecular formula is C13H22O4. The maximum atomic E-state index is 6.12. The van der Waals surface area contributed by atoms with Gasteiger partial charge in [-0.05, 0) is 19.3 Å². The molecule has 0 amide bonds. The Kier molecular flexibility index (Phi) is 2.41. The minimum absolute atomic E-state index is 0.198. The lowest BCUT2D eigenvalue weighted by atomic mass is 9.75. The second kappa shape index (κ2) is 3.44. The van der Waals surface area contributed by atoms with E-state index in [4.69, 9.17) is 19.2 Å². The van der Waals surface area contributed by atoms with Gasteiger partial charge in [-0.25, -0.2) is 0 Å². The summed E-state index contributed by atoms with van der Waals surface area (Å²) >= 11 is 0. The number of fused-ring (bicyclic) bond motifs is 1. The molecule has 2 unspecified atom stereocenters. The summed E-state index contributed by atoms with van der Waals surface area (Å²) in [5.41, 5.74) is 0. The van der Waals surface area contributed by atoms with Crippen molar-refractivity contribution < 1.29 is 19.2 Å². The molecule has 4 bridgehead atoms. The Labute approximate surface area is 102 Å². The van der Waals surface area contributed by atoms with Gasteiger partial charge in [-0.1, -0.05) is 20.8 Å². The highest BCUT2D eigenvalue weighted by Crippen LogP contribution is 2.61. The Bertz CT molecular complexity index is 331. The van der Waals surface area contributed by atoms with Crippen molar-refractivity contribution in [3.8, 4) is 0 Å². The van der Waals surface area contributed by atoms with E-state index in [-0.39, 0.29) is 5.92 Å². The van der Waals surface area contributed by atoms with Gasteiger partial charge in [0, 0.05) is 19.3 Å². The van der Waals surface area contributed by atoms with E-state index in [1.807, 2.05) is 6.92 Å². The molecule has 17 heavy (non-hydrogen) atoms. The first kappa shape index (κ1) is 11.9. The Hall–Kier alpha value is -0.160. The smallest absolute Gasteiger partial charge is 0.213 e. The van der Waals surface area contributed by atoms with Crippen LogP contribution in [0.3, 0.4) is 0 Å². The molecule has 0 aromatic carbocycles. The Morgan fingerprint density at radius 1 is 1.18 bits per heavy atom. The van der Waals surface area contributed by atoms with Crippen molar-refractivity contribution in [2.45, 2.75) is 70.7 Å². The third-order valence-corrected chi connectivity index (χ3v) is 4.24. The summed E-state index contributed by atoms with van der Waals surface area (Å²) in [6.07, 6.45) is 3.64. The van der Waals surface area contributed by atoms with Crippen molar-refractivity contribution in [1.29, 1.82) is 0 Å². The maximum Gasteiger partial charge on any atom is 0.213 e. The van der Waals surface area contributed by atoms with Crippen molar-refractivity contribution in [2.75, 3.05) is 0 Å². The number of hydrogen-bond acceptors (Lipinski definition) is 4. The van der Waals surface area contributed by atoms with Gasteiger partial charge in [0.2, 0.25) is 11.6 Å². The molecule has 0 radical (unpaired) electrons. The SMILES string of the molecule is CC[C@]12OO[C@@]3(CC(C)C)OC(C)(CCC31)O2. The molecule has 4 rings (SSSR count). The van der Waals surface area contributed by atoms with E-state index in [2.05, 4.69) is 20.8 Å². The lowest BCUT2D eigenvalue weighted by Crippen LogP contribution is -2.65. The van der Waals surface area contributed by atoms with Gasteiger partial charge in [0.25, 0.3) is 0 Å². The van der Waals surface area contributed by atoms with Crippen LogP contribution in [0.25, 0.3) is 0 Å². The largest absolute Gasteiger partial charge is 0.315 e. The molecule has 4 atom stereocenters. The van der Waals surface area contributed by atoms with Crippen molar-refractivity contribution in [1.82, 2.24) is 0 Å². The van der Waals surface area contributed by atoms with Crippen molar-refractivity contribution in [2.24, 2.45) is 11.8 Å². The highest BCUT2D eigenvalue weighted by atomic mass is 17.3. The van der Waals surface area contributed by atoms with E-state index in [0.29, 0.717) is 5.92 Å². The molecule has 4 aliphatic heterocycles. The van der Waals surface area contributed by atoms with E-state index in [1.54, 1.807) is 0 Å². The molecular weight excluding hydrogens is 220 g/mol. The summed E-state index contributed by atoms with van der Waals surface area (Å²) in [5, 5.41) is 0. The minimum Gasteiger partial charge on any atom is -0.315 e. The molecule has 4 saturated heterocycles. The summed E-state index contributed by atoms with van der Waals surface area (Å²) in [4.78, 5) is 11.2. The van der Waals surface area contributed by atoms with E-state index < -0.39 is 17.4 Å². The van der Waals surface area contributed by atoms with Crippen molar-refractivity contribution in [3.05, 3.63) is 0 Å². The lowest BCUT2D eigenvalue weighted by Gasteiger charge is -2.55. The van der Waals surface area contributed by atoms with Gasteiger partial charge >= 0.3 is 0 Å². The summed E-state index contributed by atoms with van der Waals surface area (Å²) in [6.45, 7) is 8.44. The molecule has 98 valence electrons. The zero-order chi connectivity index (χ0) is 12.3. The summed E-state index contributed by atoms with van der Waals surface area (Å²) in [5.74, 6) is -1.01. The standard InChI is InChI=1S/C13H22O4/c1-5-12-10-6-7-11(4,14-12)15-13(10,17-16-12)8-9(2)3/h9-10H,5-8H2,1-4H3/t10?,11?,12-,13+/m0/s1. The Balaban J connectivity index is 1.97. The zero-order valence-corrected chi connectivity index (χ0v) is 11.1. The first-order valence-electron chi connectivity index (χ1n) is 6.71. The molecule has 0 aromatic heterocycles. The molecule has 4 fully saturated rings. The molecule has 0 aliphatic carbocycles. The van der Waals surface area contributed by atoms with Crippen LogP contribution in [0.15, 0.2) is 0 Å². The normalized spacial score (nSPS) is 52.4. The van der Waals surface area contributed by atoms with Crippen LogP contribution in [0.5, 0.6) is 0 Å².